The van der Waals surface area contributed by atoms with E-state index >= 15 is 0 Å². The summed E-state index contributed by atoms with van der Waals surface area (Å²) in [6, 6.07) is 14.2. The highest BCUT2D eigenvalue weighted by Gasteiger charge is 2.31. The lowest BCUT2D eigenvalue weighted by molar-refractivity contribution is -0.139. The van der Waals surface area contributed by atoms with Gasteiger partial charge in [-0.1, -0.05) is 24.3 Å². The van der Waals surface area contributed by atoms with Crippen LogP contribution in [0.2, 0.25) is 0 Å². The molecule has 2 aromatic rings. The van der Waals surface area contributed by atoms with Crippen LogP contribution in [0, 0.1) is 0 Å². The second kappa shape index (κ2) is 8.38. The molecule has 1 atom stereocenters. The summed E-state index contributed by atoms with van der Waals surface area (Å²) >= 11 is 0. The largest absolute Gasteiger partial charge is 0.497 e. The van der Waals surface area contributed by atoms with Crippen molar-refractivity contribution in [3.8, 4) is 11.5 Å². The van der Waals surface area contributed by atoms with Gasteiger partial charge in [-0.15, -0.1) is 0 Å². The van der Waals surface area contributed by atoms with E-state index in [2.05, 4.69) is 5.32 Å². The fourth-order valence-electron chi connectivity index (χ4n) is 2.77. The molecule has 0 saturated carbocycles. The molecule has 0 aromatic heterocycles. The molecule has 6 nitrogen and oxygen atoms in total. The topological polar surface area (TPSA) is 84.9 Å². The first kappa shape index (κ1) is 19.3. The molecule has 0 fully saturated rings. The van der Waals surface area contributed by atoms with Crippen LogP contribution in [0.15, 0.2) is 48.5 Å². The minimum Gasteiger partial charge on any atom is -0.497 e. The Labute approximate surface area is 152 Å². The Bertz CT molecular complexity index is 772. The molecular weight excluding hydrogens is 334 g/mol. The van der Waals surface area contributed by atoms with Gasteiger partial charge in [-0.05, 0) is 42.3 Å². The lowest BCUT2D eigenvalue weighted by atomic mass is 9.88. The summed E-state index contributed by atoms with van der Waals surface area (Å²) in [4.78, 5) is 23.9. The predicted molar refractivity (Wildman–Crippen MR) is 97.4 cm³/mol. The van der Waals surface area contributed by atoms with Gasteiger partial charge in [-0.3, -0.25) is 9.59 Å². The number of methoxy groups -OCH3 is 2. The Morgan fingerprint density at radius 3 is 2.27 bits per heavy atom. The van der Waals surface area contributed by atoms with E-state index in [1.165, 1.54) is 7.11 Å². The number of carboxylic acid groups (broad SMARTS) is 1. The van der Waals surface area contributed by atoms with Crippen LogP contribution in [0.5, 0.6) is 11.5 Å². The third-order valence-electron chi connectivity index (χ3n) is 4.15. The number of carboxylic acids is 1. The zero-order valence-electron chi connectivity index (χ0n) is 15.1. The number of hydrogen-bond donors (Lipinski definition) is 2. The fourth-order valence-corrected chi connectivity index (χ4v) is 2.77. The van der Waals surface area contributed by atoms with Gasteiger partial charge in [-0.2, -0.15) is 0 Å². The Balaban J connectivity index is 2.19. The summed E-state index contributed by atoms with van der Waals surface area (Å²) < 4.78 is 10.3. The van der Waals surface area contributed by atoms with Crippen LogP contribution in [0.3, 0.4) is 0 Å². The van der Waals surface area contributed by atoms with Crippen molar-refractivity contribution in [3.63, 3.8) is 0 Å². The minimum atomic E-state index is -1.05. The van der Waals surface area contributed by atoms with Crippen LogP contribution in [-0.4, -0.2) is 31.2 Å². The Kier molecular flexibility index (Phi) is 6.22. The van der Waals surface area contributed by atoms with Gasteiger partial charge < -0.3 is 19.9 Å². The molecule has 0 aliphatic rings. The standard InChI is InChI=1S/C20H23NO5/c1-20(13-19(23)24,15-5-4-6-17(12-15)26-3)21-18(22)11-14-7-9-16(25-2)10-8-14/h4-10,12H,11,13H2,1-3H3,(H,21,22)(H,23,24). The molecule has 2 N–H and O–H groups in total. The molecule has 1 unspecified atom stereocenters. The maximum Gasteiger partial charge on any atom is 0.306 e. The van der Waals surface area contributed by atoms with Crippen LogP contribution in [-0.2, 0) is 21.5 Å². The molecule has 0 radical (unpaired) electrons. The summed E-state index contributed by atoms with van der Waals surface area (Å²) in [5, 5.41) is 12.2. The Morgan fingerprint density at radius 2 is 1.69 bits per heavy atom. The summed E-state index contributed by atoms with van der Waals surface area (Å²) in [6.45, 7) is 1.70. The third kappa shape index (κ3) is 4.99. The Hall–Kier alpha value is -3.02. The molecule has 0 heterocycles. The van der Waals surface area contributed by atoms with E-state index in [9.17, 15) is 14.7 Å². The lowest BCUT2D eigenvalue weighted by Crippen LogP contribution is -2.45. The monoisotopic (exact) mass is 357 g/mol. The van der Waals surface area contributed by atoms with E-state index in [4.69, 9.17) is 9.47 Å². The highest BCUT2D eigenvalue weighted by Crippen LogP contribution is 2.28. The molecule has 6 heteroatoms. The van der Waals surface area contributed by atoms with Gasteiger partial charge in [0.2, 0.25) is 5.91 Å². The molecule has 2 aromatic carbocycles. The van der Waals surface area contributed by atoms with Crippen LogP contribution < -0.4 is 14.8 Å². The molecule has 0 aliphatic carbocycles. The van der Waals surface area contributed by atoms with Crippen LogP contribution in [0.25, 0.3) is 0 Å². The molecule has 2 rings (SSSR count). The number of amides is 1. The van der Waals surface area contributed by atoms with Crippen molar-refractivity contribution in [1.82, 2.24) is 5.32 Å². The highest BCUT2D eigenvalue weighted by atomic mass is 16.5. The van der Waals surface area contributed by atoms with Gasteiger partial charge in [-0.25, -0.2) is 0 Å². The highest BCUT2D eigenvalue weighted by molar-refractivity contribution is 5.81. The lowest BCUT2D eigenvalue weighted by Gasteiger charge is -2.30. The number of nitrogens with one attached hydrogen (secondary N) is 1. The number of hydrogen-bond acceptors (Lipinski definition) is 4. The van der Waals surface area contributed by atoms with Crippen LogP contribution in [0.4, 0.5) is 0 Å². The summed E-state index contributed by atoms with van der Waals surface area (Å²) in [5.41, 5.74) is 0.429. The summed E-state index contributed by atoms with van der Waals surface area (Å²) in [7, 11) is 3.11. The number of ether oxygens (including phenoxy) is 2. The van der Waals surface area contributed by atoms with Crippen molar-refractivity contribution in [3.05, 3.63) is 59.7 Å². The number of rotatable bonds is 8. The maximum absolute atomic E-state index is 12.5. The first-order chi connectivity index (χ1) is 12.4. The quantitative estimate of drug-likeness (QED) is 0.759. The van der Waals surface area contributed by atoms with E-state index in [0.29, 0.717) is 17.1 Å². The smallest absolute Gasteiger partial charge is 0.306 e. The molecule has 1 amide bonds. The molecular formula is C20H23NO5. The molecule has 0 bridgehead atoms. The number of benzene rings is 2. The zero-order chi connectivity index (χ0) is 19.2. The van der Waals surface area contributed by atoms with E-state index in [-0.39, 0.29) is 18.7 Å². The molecule has 0 aliphatic heterocycles. The minimum absolute atomic E-state index is 0.142. The van der Waals surface area contributed by atoms with Crippen molar-refractivity contribution in [2.24, 2.45) is 0 Å². The van der Waals surface area contributed by atoms with Gasteiger partial charge >= 0.3 is 5.97 Å². The molecule has 26 heavy (non-hydrogen) atoms. The van der Waals surface area contributed by atoms with E-state index in [1.807, 2.05) is 0 Å². The normalized spacial score (nSPS) is 12.7. The van der Waals surface area contributed by atoms with Crippen molar-refractivity contribution < 1.29 is 24.2 Å². The number of aliphatic carboxylic acids is 1. The average molecular weight is 357 g/mol. The molecule has 0 saturated heterocycles. The maximum atomic E-state index is 12.5. The van der Waals surface area contributed by atoms with Gasteiger partial charge in [0.25, 0.3) is 0 Å². The van der Waals surface area contributed by atoms with E-state index in [0.717, 1.165) is 5.56 Å². The van der Waals surface area contributed by atoms with Crippen molar-refractivity contribution in [2.45, 2.75) is 25.3 Å². The first-order valence-corrected chi connectivity index (χ1v) is 8.16. The van der Waals surface area contributed by atoms with Crippen molar-refractivity contribution in [1.29, 1.82) is 0 Å². The van der Waals surface area contributed by atoms with Crippen LogP contribution in [0.1, 0.15) is 24.5 Å². The van der Waals surface area contributed by atoms with Crippen LogP contribution >= 0.6 is 0 Å². The first-order valence-electron chi connectivity index (χ1n) is 8.16. The van der Waals surface area contributed by atoms with Gasteiger partial charge in [0, 0.05) is 0 Å². The van der Waals surface area contributed by atoms with Crippen molar-refractivity contribution >= 4 is 11.9 Å². The predicted octanol–water partition coefficient (Wildman–Crippen LogP) is 2.75. The van der Waals surface area contributed by atoms with Gasteiger partial charge in [0.1, 0.15) is 11.5 Å². The van der Waals surface area contributed by atoms with Gasteiger partial charge in [0.15, 0.2) is 0 Å². The van der Waals surface area contributed by atoms with Gasteiger partial charge in [0.05, 0.1) is 32.6 Å². The second-order valence-electron chi connectivity index (χ2n) is 6.21. The zero-order valence-corrected chi connectivity index (χ0v) is 15.1. The summed E-state index contributed by atoms with van der Waals surface area (Å²) in [5.74, 6) is 0.0478. The van der Waals surface area contributed by atoms with E-state index < -0.39 is 11.5 Å². The van der Waals surface area contributed by atoms with E-state index in [1.54, 1.807) is 62.6 Å². The molecule has 0 spiro atoms. The average Bonchev–Trinajstić information content (AvgIpc) is 2.61. The second-order valence-corrected chi connectivity index (χ2v) is 6.21. The fraction of sp³-hybridized carbons (Fsp3) is 0.300. The Morgan fingerprint density at radius 1 is 1.04 bits per heavy atom. The SMILES string of the molecule is COc1ccc(CC(=O)NC(C)(CC(=O)O)c2cccc(OC)c2)cc1. The summed E-state index contributed by atoms with van der Waals surface area (Å²) in [6.07, 6.45) is -0.0995. The van der Waals surface area contributed by atoms with Crippen molar-refractivity contribution in [2.75, 3.05) is 14.2 Å². The molecule has 138 valence electrons. The number of carbonyl (C=O) groups is 2. The third-order valence-corrected chi connectivity index (χ3v) is 4.15. The number of carbonyl (C=O) groups excluding carboxylic acids is 1.